The molecule has 1 heterocycles. The summed E-state index contributed by atoms with van der Waals surface area (Å²) in [4.78, 5) is 16.6. The van der Waals surface area contributed by atoms with Crippen molar-refractivity contribution in [3.63, 3.8) is 0 Å². The van der Waals surface area contributed by atoms with Crippen molar-refractivity contribution in [2.24, 2.45) is 0 Å². The van der Waals surface area contributed by atoms with Crippen LogP contribution in [0.15, 0.2) is 71.3 Å². The van der Waals surface area contributed by atoms with E-state index in [1.807, 2.05) is 36.4 Å². The second-order valence-corrected chi connectivity index (χ2v) is 6.05. The summed E-state index contributed by atoms with van der Waals surface area (Å²) in [6, 6.07) is 18.5. The van der Waals surface area contributed by atoms with Gasteiger partial charge in [0, 0.05) is 4.47 Å². The molecule has 2 N–H and O–H groups in total. The van der Waals surface area contributed by atoms with E-state index in [9.17, 15) is 4.79 Å². The summed E-state index contributed by atoms with van der Waals surface area (Å²) in [6.07, 6.45) is 1.66. The summed E-state index contributed by atoms with van der Waals surface area (Å²) in [5, 5.41) is 6.03. The summed E-state index contributed by atoms with van der Waals surface area (Å²) in [6.45, 7) is 0. The van der Waals surface area contributed by atoms with Gasteiger partial charge < -0.3 is 15.4 Å². The lowest BCUT2D eigenvalue weighted by atomic mass is 10.2. The zero-order valence-electron chi connectivity index (χ0n) is 13.5. The van der Waals surface area contributed by atoms with Crippen molar-refractivity contribution in [2.75, 3.05) is 17.7 Å². The first-order chi connectivity index (χ1) is 12.2. The second kappa shape index (κ2) is 7.81. The summed E-state index contributed by atoms with van der Waals surface area (Å²) in [7, 11) is 1.53. The minimum Gasteiger partial charge on any atom is -0.496 e. The first-order valence-corrected chi connectivity index (χ1v) is 8.38. The first-order valence-electron chi connectivity index (χ1n) is 7.59. The number of amides is 1. The first kappa shape index (κ1) is 17.0. The number of para-hydroxylation sites is 2. The van der Waals surface area contributed by atoms with Crippen LogP contribution in [0.4, 0.5) is 17.2 Å². The quantitative estimate of drug-likeness (QED) is 0.645. The SMILES string of the molecule is COc1ccccc1C(=O)Nc1ccc(Nc2ccccc2Br)cn1. The van der Waals surface area contributed by atoms with Crippen LogP contribution in [0, 0.1) is 0 Å². The fourth-order valence-corrected chi connectivity index (χ4v) is 2.66. The molecule has 0 saturated carbocycles. The van der Waals surface area contributed by atoms with E-state index >= 15 is 0 Å². The van der Waals surface area contributed by atoms with E-state index in [1.54, 1.807) is 30.5 Å². The number of nitrogens with one attached hydrogen (secondary N) is 2. The lowest BCUT2D eigenvalue weighted by molar-refractivity contribution is 0.102. The third kappa shape index (κ3) is 4.16. The van der Waals surface area contributed by atoms with Crippen molar-refractivity contribution in [3.05, 3.63) is 76.9 Å². The molecule has 0 radical (unpaired) electrons. The molecule has 0 spiro atoms. The molecule has 0 aliphatic carbocycles. The van der Waals surface area contributed by atoms with Gasteiger partial charge in [-0.05, 0) is 52.3 Å². The van der Waals surface area contributed by atoms with E-state index in [0.717, 1.165) is 15.8 Å². The maximum atomic E-state index is 12.4. The Morgan fingerprint density at radius 2 is 1.80 bits per heavy atom. The Hall–Kier alpha value is -2.86. The molecule has 6 heteroatoms. The molecule has 1 aromatic heterocycles. The molecule has 0 unspecified atom stereocenters. The predicted molar refractivity (Wildman–Crippen MR) is 103 cm³/mol. The van der Waals surface area contributed by atoms with E-state index in [1.165, 1.54) is 7.11 Å². The van der Waals surface area contributed by atoms with Gasteiger partial charge in [0.25, 0.3) is 5.91 Å². The molecule has 0 aliphatic rings. The minimum atomic E-state index is -0.267. The van der Waals surface area contributed by atoms with E-state index in [2.05, 4.69) is 31.5 Å². The van der Waals surface area contributed by atoms with Crippen LogP contribution in [0.3, 0.4) is 0 Å². The molecule has 0 bridgehead atoms. The average Bonchev–Trinajstić information content (AvgIpc) is 2.65. The molecule has 126 valence electrons. The number of pyridine rings is 1. The lowest BCUT2D eigenvalue weighted by Gasteiger charge is -2.10. The monoisotopic (exact) mass is 397 g/mol. The Morgan fingerprint density at radius 3 is 2.52 bits per heavy atom. The number of carbonyl (C=O) groups is 1. The van der Waals surface area contributed by atoms with Crippen LogP contribution in [0.25, 0.3) is 0 Å². The van der Waals surface area contributed by atoms with Crippen LogP contribution in [0.2, 0.25) is 0 Å². The molecule has 3 aromatic rings. The van der Waals surface area contributed by atoms with Crippen LogP contribution in [-0.4, -0.2) is 18.0 Å². The van der Waals surface area contributed by atoms with Gasteiger partial charge in [-0.2, -0.15) is 0 Å². The van der Waals surface area contributed by atoms with Crippen molar-refractivity contribution in [2.45, 2.75) is 0 Å². The number of rotatable bonds is 5. The highest BCUT2D eigenvalue weighted by atomic mass is 79.9. The summed E-state index contributed by atoms with van der Waals surface area (Å²) >= 11 is 3.49. The molecule has 25 heavy (non-hydrogen) atoms. The van der Waals surface area contributed by atoms with Crippen LogP contribution < -0.4 is 15.4 Å². The van der Waals surface area contributed by atoms with Gasteiger partial charge in [-0.25, -0.2) is 4.98 Å². The fourth-order valence-electron chi connectivity index (χ4n) is 2.28. The Labute approximate surface area is 154 Å². The van der Waals surface area contributed by atoms with Gasteiger partial charge in [-0.3, -0.25) is 4.79 Å². The zero-order chi connectivity index (χ0) is 17.6. The maximum Gasteiger partial charge on any atom is 0.260 e. The molecule has 3 rings (SSSR count). The standard InChI is InChI=1S/C19H16BrN3O2/c1-25-17-9-5-2-6-14(17)19(24)23-18-11-10-13(12-21-18)22-16-8-4-3-7-15(16)20/h2-12,22H,1H3,(H,21,23,24). The molecule has 0 fully saturated rings. The third-order valence-corrected chi connectivity index (χ3v) is 4.20. The summed E-state index contributed by atoms with van der Waals surface area (Å²) in [5.41, 5.74) is 2.22. The number of hydrogen-bond donors (Lipinski definition) is 2. The zero-order valence-corrected chi connectivity index (χ0v) is 15.1. The highest BCUT2D eigenvalue weighted by Crippen LogP contribution is 2.25. The number of hydrogen-bond acceptors (Lipinski definition) is 4. The second-order valence-electron chi connectivity index (χ2n) is 5.19. The molecular formula is C19H16BrN3O2. The van der Waals surface area contributed by atoms with E-state index < -0.39 is 0 Å². The van der Waals surface area contributed by atoms with Crippen molar-refractivity contribution < 1.29 is 9.53 Å². The highest BCUT2D eigenvalue weighted by Gasteiger charge is 2.12. The predicted octanol–water partition coefficient (Wildman–Crippen LogP) is 4.85. The van der Waals surface area contributed by atoms with Gasteiger partial charge in [0.05, 0.1) is 30.2 Å². The van der Waals surface area contributed by atoms with Gasteiger partial charge in [-0.1, -0.05) is 24.3 Å². The number of anilines is 3. The van der Waals surface area contributed by atoms with Crippen LogP contribution in [-0.2, 0) is 0 Å². The maximum absolute atomic E-state index is 12.4. The third-order valence-electron chi connectivity index (χ3n) is 3.51. The number of aromatic nitrogens is 1. The molecule has 1 amide bonds. The van der Waals surface area contributed by atoms with Crippen LogP contribution in [0.1, 0.15) is 10.4 Å². The molecular weight excluding hydrogens is 382 g/mol. The number of nitrogens with zero attached hydrogens (tertiary/aromatic N) is 1. The van der Waals surface area contributed by atoms with Gasteiger partial charge in [-0.15, -0.1) is 0 Å². The minimum absolute atomic E-state index is 0.267. The number of ether oxygens (including phenoxy) is 1. The Balaban J connectivity index is 1.70. The fraction of sp³-hybridized carbons (Fsp3) is 0.0526. The molecule has 0 atom stereocenters. The topological polar surface area (TPSA) is 63.2 Å². The lowest BCUT2D eigenvalue weighted by Crippen LogP contribution is -2.14. The van der Waals surface area contributed by atoms with E-state index in [-0.39, 0.29) is 5.91 Å². The summed E-state index contributed by atoms with van der Waals surface area (Å²) < 4.78 is 6.17. The number of carbonyl (C=O) groups excluding carboxylic acids is 1. The van der Waals surface area contributed by atoms with Crippen molar-refractivity contribution in [1.82, 2.24) is 4.98 Å². The molecule has 0 aliphatic heterocycles. The highest BCUT2D eigenvalue weighted by molar-refractivity contribution is 9.10. The molecule has 0 saturated heterocycles. The Kier molecular flexibility index (Phi) is 5.30. The molecule has 2 aromatic carbocycles. The normalized spacial score (nSPS) is 10.2. The number of benzene rings is 2. The van der Waals surface area contributed by atoms with Crippen molar-refractivity contribution in [1.29, 1.82) is 0 Å². The largest absolute Gasteiger partial charge is 0.496 e. The molecule has 5 nitrogen and oxygen atoms in total. The van der Waals surface area contributed by atoms with Crippen LogP contribution in [0.5, 0.6) is 5.75 Å². The Morgan fingerprint density at radius 1 is 1.04 bits per heavy atom. The number of halogens is 1. The van der Waals surface area contributed by atoms with Crippen LogP contribution >= 0.6 is 15.9 Å². The smallest absolute Gasteiger partial charge is 0.260 e. The average molecular weight is 398 g/mol. The number of methoxy groups -OCH3 is 1. The van der Waals surface area contributed by atoms with Crippen molar-refractivity contribution >= 4 is 39.0 Å². The van der Waals surface area contributed by atoms with E-state index in [0.29, 0.717) is 17.1 Å². The Bertz CT molecular complexity index is 882. The van der Waals surface area contributed by atoms with Crippen molar-refractivity contribution in [3.8, 4) is 5.75 Å². The summed E-state index contributed by atoms with van der Waals surface area (Å²) in [5.74, 6) is 0.720. The van der Waals surface area contributed by atoms with E-state index in [4.69, 9.17) is 4.74 Å². The van der Waals surface area contributed by atoms with Gasteiger partial charge >= 0.3 is 0 Å². The van der Waals surface area contributed by atoms with Gasteiger partial charge in [0.15, 0.2) is 0 Å². The van der Waals surface area contributed by atoms with Gasteiger partial charge in [0.1, 0.15) is 11.6 Å². The van der Waals surface area contributed by atoms with Gasteiger partial charge in [0.2, 0.25) is 0 Å².